The third kappa shape index (κ3) is 4.58. The van der Waals surface area contributed by atoms with Crippen LogP contribution in [0.5, 0.6) is 11.8 Å². The molecule has 172 valence electrons. The van der Waals surface area contributed by atoms with Crippen molar-refractivity contribution in [3.63, 3.8) is 0 Å². The van der Waals surface area contributed by atoms with Crippen LogP contribution in [0.4, 0.5) is 17.5 Å². The summed E-state index contributed by atoms with van der Waals surface area (Å²) in [6.45, 7) is 5.43. The molecule has 0 unspecified atom stereocenters. The molecule has 0 spiro atoms. The molecule has 1 saturated heterocycles. The van der Waals surface area contributed by atoms with E-state index in [0.29, 0.717) is 28.1 Å². The molecule has 5 rings (SSSR count). The Labute approximate surface area is 195 Å². The number of fused-ring (bicyclic) bond motifs is 1. The summed E-state index contributed by atoms with van der Waals surface area (Å²) in [5.74, 6) is 2.30. The first kappa shape index (κ1) is 21.5. The minimum Gasteiger partial charge on any atom is -0.423 e. The predicted molar refractivity (Wildman–Crippen MR) is 128 cm³/mol. The smallest absolute Gasteiger partial charge is 0.325 e. The number of hydrogen-bond donors (Lipinski definition) is 4. The highest BCUT2D eigenvalue weighted by Crippen LogP contribution is 2.36. The van der Waals surface area contributed by atoms with Crippen molar-refractivity contribution >= 4 is 40.0 Å². The molecule has 0 bridgehead atoms. The van der Waals surface area contributed by atoms with Gasteiger partial charge >= 0.3 is 6.01 Å². The maximum absolute atomic E-state index is 9.29. The molecule has 4 heterocycles. The molecular weight excluding hydrogens is 444 g/mol. The zero-order valence-electron chi connectivity index (χ0n) is 18.4. The van der Waals surface area contributed by atoms with Crippen LogP contribution < -0.4 is 15.0 Å². The number of piperazine rings is 1. The SMILES string of the molecule is Cc1cc2c(Cl)c(Oc3nc(Nc4cc(CO)[nH]n4)cc(N4CCN(C)CC4)n3)ccc2[nH]1. The second-order valence-electron chi connectivity index (χ2n) is 8.14. The molecule has 0 saturated carbocycles. The van der Waals surface area contributed by atoms with Gasteiger partial charge in [0.1, 0.15) is 17.4 Å². The van der Waals surface area contributed by atoms with Gasteiger partial charge in [-0.1, -0.05) is 11.6 Å². The fourth-order valence-corrected chi connectivity index (χ4v) is 4.08. The number of halogens is 1. The summed E-state index contributed by atoms with van der Waals surface area (Å²) in [6, 6.07) is 9.48. The number of aliphatic hydroxyl groups excluding tert-OH is 1. The zero-order valence-corrected chi connectivity index (χ0v) is 19.1. The molecule has 11 heteroatoms. The van der Waals surface area contributed by atoms with Crippen molar-refractivity contribution < 1.29 is 9.84 Å². The number of rotatable bonds is 6. The normalized spacial score (nSPS) is 14.7. The number of nitrogens with one attached hydrogen (secondary N) is 3. The summed E-state index contributed by atoms with van der Waals surface area (Å²) in [4.78, 5) is 16.9. The molecule has 10 nitrogen and oxygen atoms in total. The minimum atomic E-state index is -0.126. The Bertz CT molecular complexity index is 1280. The number of anilines is 3. The summed E-state index contributed by atoms with van der Waals surface area (Å²) < 4.78 is 6.07. The van der Waals surface area contributed by atoms with Crippen LogP contribution in [0.25, 0.3) is 10.9 Å². The number of likely N-dealkylation sites (N-methyl/N-ethyl adjacent to an activating group) is 1. The number of aliphatic hydroxyl groups is 1. The Morgan fingerprint density at radius 1 is 1.12 bits per heavy atom. The molecule has 0 aliphatic carbocycles. The highest BCUT2D eigenvalue weighted by Gasteiger charge is 2.19. The lowest BCUT2D eigenvalue weighted by molar-refractivity contribution is 0.276. The lowest BCUT2D eigenvalue weighted by Gasteiger charge is -2.33. The number of ether oxygens (including phenoxy) is 1. The van der Waals surface area contributed by atoms with Crippen molar-refractivity contribution in [1.29, 1.82) is 0 Å². The van der Waals surface area contributed by atoms with Gasteiger partial charge in [0.25, 0.3) is 0 Å². The van der Waals surface area contributed by atoms with Crippen molar-refractivity contribution in [2.75, 3.05) is 43.4 Å². The third-order valence-corrected chi connectivity index (χ3v) is 6.00. The fraction of sp³-hybridized carbons (Fsp3) is 0.318. The molecule has 33 heavy (non-hydrogen) atoms. The van der Waals surface area contributed by atoms with Gasteiger partial charge in [-0.15, -0.1) is 0 Å². The van der Waals surface area contributed by atoms with E-state index in [0.717, 1.165) is 48.6 Å². The lowest BCUT2D eigenvalue weighted by Crippen LogP contribution is -2.44. The largest absolute Gasteiger partial charge is 0.423 e. The number of aryl methyl sites for hydroxylation is 1. The van der Waals surface area contributed by atoms with E-state index in [1.165, 1.54) is 0 Å². The highest BCUT2D eigenvalue weighted by atomic mass is 35.5. The molecule has 1 aliphatic rings. The molecule has 4 N–H and O–H groups in total. The lowest BCUT2D eigenvalue weighted by atomic mass is 10.2. The van der Waals surface area contributed by atoms with Crippen molar-refractivity contribution in [3.05, 3.63) is 46.7 Å². The van der Waals surface area contributed by atoms with Gasteiger partial charge < -0.3 is 29.9 Å². The second-order valence-corrected chi connectivity index (χ2v) is 8.52. The molecule has 0 radical (unpaired) electrons. The molecule has 1 aromatic carbocycles. The first-order valence-electron chi connectivity index (χ1n) is 10.7. The highest BCUT2D eigenvalue weighted by molar-refractivity contribution is 6.37. The zero-order chi connectivity index (χ0) is 22.9. The van der Waals surface area contributed by atoms with Gasteiger partial charge in [-0.25, -0.2) is 0 Å². The number of aromatic nitrogens is 5. The Kier molecular flexibility index (Phi) is 5.79. The average molecular weight is 469 g/mol. The van der Waals surface area contributed by atoms with Crippen molar-refractivity contribution in [2.45, 2.75) is 13.5 Å². The monoisotopic (exact) mass is 468 g/mol. The summed E-state index contributed by atoms with van der Waals surface area (Å²) in [5.41, 5.74) is 2.56. The van der Waals surface area contributed by atoms with Crippen molar-refractivity contribution in [3.8, 4) is 11.8 Å². The van der Waals surface area contributed by atoms with Crippen LogP contribution in [-0.4, -0.2) is 68.4 Å². The van der Waals surface area contributed by atoms with Crippen LogP contribution in [0.2, 0.25) is 5.02 Å². The molecule has 0 atom stereocenters. The average Bonchev–Trinajstić information content (AvgIpc) is 3.42. The van der Waals surface area contributed by atoms with E-state index in [2.05, 4.69) is 47.3 Å². The molecule has 4 aromatic rings. The van der Waals surface area contributed by atoms with E-state index in [-0.39, 0.29) is 12.6 Å². The number of H-pyrrole nitrogens is 2. The van der Waals surface area contributed by atoms with E-state index in [1.807, 2.05) is 25.1 Å². The molecule has 3 aromatic heterocycles. The molecule has 0 amide bonds. The maximum atomic E-state index is 9.29. The van der Waals surface area contributed by atoms with Gasteiger partial charge in [0.2, 0.25) is 0 Å². The molecule has 1 fully saturated rings. The summed E-state index contributed by atoms with van der Waals surface area (Å²) in [5, 5.41) is 20.8. The maximum Gasteiger partial charge on any atom is 0.325 e. The Hall–Kier alpha value is -3.34. The number of benzene rings is 1. The van der Waals surface area contributed by atoms with E-state index < -0.39 is 0 Å². The van der Waals surface area contributed by atoms with E-state index >= 15 is 0 Å². The Balaban J connectivity index is 1.48. The Morgan fingerprint density at radius 3 is 2.70 bits per heavy atom. The topological polar surface area (TPSA) is 118 Å². The molecule has 1 aliphatic heterocycles. The quantitative estimate of drug-likeness (QED) is 0.340. The van der Waals surface area contributed by atoms with Gasteiger partial charge in [0.05, 0.1) is 17.3 Å². The van der Waals surface area contributed by atoms with E-state index in [4.69, 9.17) is 16.3 Å². The van der Waals surface area contributed by atoms with Crippen LogP contribution in [0.1, 0.15) is 11.4 Å². The van der Waals surface area contributed by atoms with Crippen LogP contribution in [-0.2, 0) is 6.61 Å². The number of hydrogen-bond acceptors (Lipinski definition) is 8. The predicted octanol–water partition coefficient (Wildman–Crippen LogP) is 3.42. The van der Waals surface area contributed by atoms with Crippen LogP contribution >= 0.6 is 11.6 Å². The molecular formula is C22H25ClN8O2. The second kappa shape index (κ2) is 8.89. The summed E-state index contributed by atoms with van der Waals surface area (Å²) >= 11 is 6.63. The first-order valence-corrected chi connectivity index (χ1v) is 11.1. The van der Waals surface area contributed by atoms with Gasteiger partial charge in [-0.3, -0.25) is 5.10 Å². The standard InChI is InChI=1S/C22H25ClN8O2/c1-13-9-15-16(24-13)3-4-17(21(15)23)33-22-26-18(25-19-10-14(12-32)28-29-19)11-20(27-22)31-7-5-30(2)6-8-31/h3-4,9-11,24,32H,5-8,12H2,1-2H3,(H2,25,26,27,28,29). The van der Waals surface area contributed by atoms with E-state index in [9.17, 15) is 5.11 Å². The van der Waals surface area contributed by atoms with Gasteiger partial charge in [-0.2, -0.15) is 15.1 Å². The van der Waals surface area contributed by atoms with Crippen molar-refractivity contribution in [2.24, 2.45) is 0 Å². The minimum absolute atomic E-state index is 0.126. The number of nitrogens with zero attached hydrogens (tertiary/aromatic N) is 5. The number of aromatic amines is 2. The van der Waals surface area contributed by atoms with Gasteiger partial charge in [-0.05, 0) is 32.2 Å². The van der Waals surface area contributed by atoms with Gasteiger partial charge in [0.15, 0.2) is 5.82 Å². The fourth-order valence-electron chi connectivity index (χ4n) is 3.82. The summed E-state index contributed by atoms with van der Waals surface area (Å²) in [6.07, 6.45) is 0. The van der Waals surface area contributed by atoms with Crippen LogP contribution in [0, 0.1) is 6.92 Å². The van der Waals surface area contributed by atoms with E-state index in [1.54, 1.807) is 12.1 Å². The summed E-state index contributed by atoms with van der Waals surface area (Å²) in [7, 11) is 2.11. The van der Waals surface area contributed by atoms with Crippen LogP contribution in [0.15, 0.2) is 30.3 Å². The third-order valence-electron chi connectivity index (χ3n) is 5.62. The Morgan fingerprint density at radius 2 is 1.94 bits per heavy atom. The first-order chi connectivity index (χ1) is 16.0. The van der Waals surface area contributed by atoms with Crippen LogP contribution in [0.3, 0.4) is 0 Å². The van der Waals surface area contributed by atoms with Gasteiger partial charge in [0, 0.05) is 54.9 Å². The van der Waals surface area contributed by atoms with Crippen molar-refractivity contribution in [1.82, 2.24) is 30.0 Å².